The van der Waals surface area contributed by atoms with Crippen LogP contribution in [-0.2, 0) is 0 Å². The first-order valence-electron chi connectivity index (χ1n) is 3.04. The van der Waals surface area contributed by atoms with Gasteiger partial charge < -0.3 is 17.9 Å². The minimum atomic E-state index is -0.581. The zero-order chi connectivity index (χ0) is 8.27. The normalized spacial score (nSPS) is 7.77. The number of hydrogen-bond acceptors (Lipinski definition) is 3. The van der Waals surface area contributed by atoms with Crippen molar-refractivity contribution in [2.45, 2.75) is 0 Å². The van der Waals surface area contributed by atoms with Crippen LogP contribution in [0.1, 0.15) is 10.5 Å². The second kappa shape index (κ2) is 7.46. The summed E-state index contributed by atoms with van der Waals surface area (Å²) in [6, 6.07) is 3.30. The molecule has 0 aliphatic heterocycles. The van der Waals surface area contributed by atoms with Gasteiger partial charge in [-0.3, -0.25) is 4.79 Å². The Morgan fingerprint density at radius 2 is 2.23 bits per heavy atom. The number of amides is 1. The molecule has 5 heteroatoms. The molecule has 0 atom stereocenters. The van der Waals surface area contributed by atoms with Gasteiger partial charge in [0.05, 0.1) is 7.11 Å². The van der Waals surface area contributed by atoms with Crippen molar-refractivity contribution in [2.24, 2.45) is 5.73 Å². The summed E-state index contributed by atoms with van der Waals surface area (Å²) < 4.78 is 4.84. The molecule has 66 valence electrons. The number of hydrogen-bond donors (Lipinski definition) is 1. The molecule has 0 bridgehead atoms. The Bertz CT molecular complexity index is 279. The van der Waals surface area contributed by atoms with Crippen molar-refractivity contribution in [3.63, 3.8) is 0 Å². The van der Waals surface area contributed by atoms with Gasteiger partial charge in [0.15, 0.2) is 5.69 Å². The van der Waals surface area contributed by atoms with Gasteiger partial charge >= 0.3 is 51.4 Å². The maximum Gasteiger partial charge on any atom is 1.00 e. The van der Waals surface area contributed by atoms with E-state index in [2.05, 4.69) is 4.98 Å². The Morgan fingerprint density at radius 1 is 1.62 bits per heavy atom. The van der Waals surface area contributed by atoms with E-state index in [-0.39, 0.29) is 64.5 Å². The van der Waals surface area contributed by atoms with E-state index in [1.165, 1.54) is 13.3 Å². The Morgan fingerprint density at radius 3 is 2.62 bits per heavy atom. The molecule has 0 fully saturated rings. The maximum absolute atomic E-state index is 10.7. The summed E-state index contributed by atoms with van der Waals surface area (Å²) in [5, 5.41) is 0. The number of nitrogens with two attached hydrogens (primary N) is 1. The standard InChI is InChI=1S/C7H8N2O2.CH3.K/c1-11-5-3-2-4-9-6(5)7(8)10;;/h2-4H,1H3,(H2,8,10);1H3;/q;-1;+1. The van der Waals surface area contributed by atoms with Crippen LogP contribution in [-0.4, -0.2) is 18.0 Å². The topological polar surface area (TPSA) is 65.2 Å². The van der Waals surface area contributed by atoms with Crippen LogP contribution in [0.5, 0.6) is 5.75 Å². The summed E-state index contributed by atoms with van der Waals surface area (Å²) in [5.41, 5.74) is 5.17. The van der Waals surface area contributed by atoms with Gasteiger partial charge in [0.25, 0.3) is 5.91 Å². The molecular weight excluding hydrogens is 195 g/mol. The smallest absolute Gasteiger partial charge is 0.494 e. The number of carbonyl (C=O) groups is 1. The van der Waals surface area contributed by atoms with Crippen molar-refractivity contribution in [2.75, 3.05) is 7.11 Å². The molecule has 0 saturated heterocycles. The van der Waals surface area contributed by atoms with Crippen molar-refractivity contribution in [1.29, 1.82) is 0 Å². The third kappa shape index (κ3) is 4.19. The van der Waals surface area contributed by atoms with Crippen LogP contribution in [0.25, 0.3) is 0 Å². The van der Waals surface area contributed by atoms with Crippen LogP contribution in [0.3, 0.4) is 0 Å². The van der Waals surface area contributed by atoms with Crippen molar-refractivity contribution in [3.8, 4) is 5.75 Å². The SMILES string of the molecule is COc1cccnc1C(N)=O.[CH3-].[K+]. The van der Waals surface area contributed by atoms with E-state index in [9.17, 15) is 4.79 Å². The van der Waals surface area contributed by atoms with Gasteiger partial charge in [-0.1, -0.05) is 0 Å². The first-order chi connectivity index (χ1) is 5.25. The molecule has 4 nitrogen and oxygen atoms in total. The molecule has 2 N–H and O–H groups in total. The summed E-state index contributed by atoms with van der Waals surface area (Å²) in [4.78, 5) is 14.4. The predicted octanol–water partition coefficient (Wildman–Crippen LogP) is -2.36. The molecule has 0 aliphatic carbocycles. The van der Waals surface area contributed by atoms with Crippen LogP contribution in [0.15, 0.2) is 18.3 Å². The molecule has 1 aromatic heterocycles. The number of methoxy groups -OCH3 is 1. The van der Waals surface area contributed by atoms with Crippen molar-refractivity contribution in [3.05, 3.63) is 31.5 Å². The summed E-state index contributed by atoms with van der Waals surface area (Å²) in [6.45, 7) is 0. The second-order valence-electron chi connectivity index (χ2n) is 1.92. The molecule has 0 radical (unpaired) electrons. The van der Waals surface area contributed by atoms with Gasteiger partial charge in [-0.05, 0) is 12.1 Å². The predicted molar refractivity (Wildman–Crippen MR) is 45.7 cm³/mol. The molecule has 13 heavy (non-hydrogen) atoms. The van der Waals surface area contributed by atoms with Gasteiger partial charge in [-0.2, -0.15) is 0 Å². The van der Waals surface area contributed by atoms with Crippen LogP contribution in [0, 0.1) is 7.43 Å². The molecule has 1 aromatic rings. The minimum Gasteiger partial charge on any atom is -0.494 e. The van der Waals surface area contributed by atoms with E-state index in [0.29, 0.717) is 5.75 Å². The number of rotatable bonds is 2. The van der Waals surface area contributed by atoms with Crippen LogP contribution >= 0.6 is 0 Å². The average Bonchev–Trinajstić information content (AvgIpc) is 2.04. The summed E-state index contributed by atoms with van der Waals surface area (Å²) in [7, 11) is 1.46. The van der Waals surface area contributed by atoms with Crippen molar-refractivity contribution < 1.29 is 60.9 Å². The first kappa shape index (κ1) is 15.5. The van der Waals surface area contributed by atoms with Gasteiger partial charge in [0, 0.05) is 6.20 Å². The largest absolute Gasteiger partial charge is 1.00 e. The van der Waals surface area contributed by atoms with Crippen LogP contribution in [0.2, 0.25) is 0 Å². The van der Waals surface area contributed by atoms with Crippen molar-refractivity contribution >= 4 is 5.91 Å². The molecule has 1 rings (SSSR count). The molecular formula is C8H11KN2O2. The Hall–Kier alpha value is 0.0564. The van der Waals surface area contributed by atoms with Crippen LogP contribution < -0.4 is 61.9 Å². The number of ether oxygens (including phenoxy) is 1. The summed E-state index contributed by atoms with van der Waals surface area (Å²) in [5.74, 6) is -0.178. The fraction of sp³-hybridized carbons (Fsp3) is 0.125. The van der Waals surface area contributed by atoms with E-state index >= 15 is 0 Å². The second-order valence-corrected chi connectivity index (χ2v) is 1.92. The minimum absolute atomic E-state index is 0. The van der Waals surface area contributed by atoms with Gasteiger partial charge in [0.1, 0.15) is 5.75 Å². The molecule has 0 spiro atoms. The average molecular weight is 206 g/mol. The van der Waals surface area contributed by atoms with Gasteiger partial charge in [-0.15, -0.1) is 0 Å². The van der Waals surface area contributed by atoms with Gasteiger partial charge in [-0.25, -0.2) is 4.98 Å². The van der Waals surface area contributed by atoms with Gasteiger partial charge in [0.2, 0.25) is 0 Å². The third-order valence-corrected chi connectivity index (χ3v) is 1.22. The van der Waals surface area contributed by atoms with E-state index < -0.39 is 5.91 Å². The first-order valence-corrected chi connectivity index (χ1v) is 3.04. The molecule has 0 aliphatic rings. The summed E-state index contributed by atoms with van der Waals surface area (Å²) >= 11 is 0. The fourth-order valence-corrected chi connectivity index (χ4v) is 0.740. The Balaban J connectivity index is 0. The zero-order valence-corrected chi connectivity index (χ0v) is 11.2. The van der Waals surface area contributed by atoms with E-state index in [1.54, 1.807) is 12.1 Å². The molecule has 0 saturated carbocycles. The van der Waals surface area contributed by atoms with Crippen LogP contribution in [0.4, 0.5) is 0 Å². The van der Waals surface area contributed by atoms with E-state index in [0.717, 1.165) is 0 Å². The molecule has 1 heterocycles. The number of nitrogens with zero attached hydrogens (tertiary/aromatic N) is 1. The quantitative estimate of drug-likeness (QED) is 0.435. The molecule has 0 unspecified atom stereocenters. The number of aromatic nitrogens is 1. The van der Waals surface area contributed by atoms with E-state index in [4.69, 9.17) is 10.5 Å². The van der Waals surface area contributed by atoms with Crippen molar-refractivity contribution in [1.82, 2.24) is 4.98 Å². The number of carbonyl (C=O) groups excluding carboxylic acids is 1. The number of pyridine rings is 1. The monoisotopic (exact) mass is 206 g/mol. The summed E-state index contributed by atoms with van der Waals surface area (Å²) in [6.07, 6.45) is 1.49. The third-order valence-electron chi connectivity index (χ3n) is 1.22. The van der Waals surface area contributed by atoms with E-state index in [1.807, 2.05) is 0 Å². The Labute approximate surface area is 120 Å². The zero-order valence-electron chi connectivity index (χ0n) is 8.07. The Kier molecular flexibility index (Phi) is 8.91. The molecule has 1 amide bonds. The number of primary amides is 1. The fourth-order valence-electron chi connectivity index (χ4n) is 0.740. The maximum atomic E-state index is 10.7. The molecule has 0 aromatic carbocycles.